The van der Waals surface area contributed by atoms with Gasteiger partial charge in [0.2, 0.25) is 15.7 Å². The lowest BCUT2D eigenvalue weighted by Crippen LogP contribution is -2.42. The molecule has 0 aliphatic heterocycles. The molecule has 2 atom stereocenters. The summed E-state index contributed by atoms with van der Waals surface area (Å²) in [6.07, 6.45) is -13.3. The average molecular weight is 448 g/mol. The molecule has 5 nitrogen and oxygen atoms in total. The molecule has 0 fully saturated rings. The van der Waals surface area contributed by atoms with Gasteiger partial charge in [0.25, 0.3) is 0 Å². The summed E-state index contributed by atoms with van der Waals surface area (Å²) < 4.78 is 115. The van der Waals surface area contributed by atoms with Crippen molar-refractivity contribution in [3.8, 4) is 0 Å². The van der Waals surface area contributed by atoms with Gasteiger partial charge in [-0.1, -0.05) is 6.42 Å². The average Bonchev–Trinajstić information content (AvgIpc) is 2.43. The van der Waals surface area contributed by atoms with Crippen molar-refractivity contribution in [2.45, 2.75) is 57.0 Å². The molecule has 0 radical (unpaired) electrons. The van der Waals surface area contributed by atoms with Gasteiger partial charge in [-0.3, -0.25) is 0 Å². The predicted octanol–water partition coefficient (Wildman–Crippen LogP) is 3.90. The Bertz CT molecular complexity index is 570. The summed E-state index contributed by atoms with van der Waals surface area (Å²) in [6.45, 7) is 0.211. The quantitative estimate of drug-likeness (QED) is 0.213. The molecular formula is C15H27F7N2O3S. The zero-order valence-electron chi connectivity index (χ0n) is 16.0. The maximum absolute atomic E-state index is 13.6. The van der Waals surface area contributed by atoms with E-state index in [1.807, 2.05) is 0 Å². The number of hydrogen-bond acceptors (Lipinski definition) is 3. The van der Waals surface area contributed by atoms with Crippen LogP contribution in [-0.2, 0) is 10.0 Å². The monoisotopic (exact) mass is 448 g/mol. The third-order valence-electron chi connectivity index (χ3n) is 4.09. The number of quaternary nitrogens is 1. The topological polar surface area (TPSA) is 69.2 Å². The van der Waals surface area contributed by atoms with E-state index in [-0.39, 0.29) is 39.3 Å². The first-order valence-electron chi connectivity index (χ1n) is 8.60. The van der Waals surface area contributed by atoms with Gasteiger partial charge in [-0.15, -0.1) is 0 Å². The molecule has 0 aliphatic carbocycles. The lowest BCUT2D eigenvalue weighted by Gasteiger charge is -2.33. The van der Waals surface area contributed by atoms with Crippen molar-refractivity contribution in [2.75, 3.05) is 32.9 Å². The van der Waals surface area contributed by atoms with Gasteiger partial charge in [0.05, 0.1) is 32.3 Å². The molecule has 0 amide bonds. The number of nitrogens with one attached hydrogen (secondary N) is 1. The summed E-state index contributed by atoms with van der Waals surface area (Å²) in [5.74, 6) is -3.05. The molecule has 170 valence electrons. The molecule has 0 aromatic carbocycles. The zero-order valence-corrected chi connectivity index (χ0v) is 16.8. The van der Waals surface area contributed by atoms with Crippen molar-refractivity contribution in [3.05, 3.63) is 5.21 Å². The van der Waals surface area contributed by atoms with Gasteiger partial charge in [0, 0.05) is 19.4 Å². The van der Waals surface area contributed by atoms with Crippen LogP contribution in [0, 0.1) is 11.1 Å². The first-order chi connectivity index (χ1) is 12.3. The Morgan fingerprint density at radius 2 is 1.54 bits per heavy atom. The fourth-order valence-electron chi connectivity index (χ4n) is 2.40. The van der Waals surface area contributed by atoms with E-state index in [4.69, 9.17) is 0 Å². The van der Waals surface area contributed by atoms with E-state index < -0.39 is 57.2 Å². The summed E-state index contributed by atoms with van der Waals surface area (Å²) in [5.41, 5.74) is -3.99. The minimum absolute atomic E-state index is 0.0107. The van der Waals surface area contributed by atoms with Gasteiger partial charge in [0.15, 0.2) is 0 Å². The largest absolute Gasteiger partial charge is 0.633 e. The summed E-state index contributed by atoms with van der Waals surface area (Å²) in [5, 5.41) is 11.3. The van der Waals surface area contributed by atoms with Gasteiger partial charge < -0.3 is 9.85 Å². The minimum atomic E-state index is -5.43. The van der Waals surface area contributed by atoms with Crippen molar-refractivity contribution < 1.29 is 43.8 Å². The number of halogens is 7. The van der Waals surface area contributed by atoms with Crippen molar-refractivity contribution >= 4 is 10.0 Å². The van der Waals surface area contributed by atoms with E-state index in [1.165, 1.54) is 14.1 Å². The third kappa shape index (κ3) is 11.4. The lowest BCUT2D eigenvalue weighted by molar-refractivity contribution is -0.840. The van der Waals surface area contributed by atoms with E-state index >= 15 is 0 Å². The maximum atomic E-state index is 13.6. The van der Waals surface area contributed by atoms with Gasteiger partial charge in [-0.2, -0.15) is 26.3 Å². The fraction of sp³-hybridized carbons (Fsp3) is 1.00. The summed E-state index contributed by atoms with van der Waals surface area (Å²) >= 11 is 0. The Morgan fingerprint density at radius 3 is 1.96 bits per heavy atom. The normalized spacial score (nSPS) is 17.4. The molecule has 1 N–H and O–H groups in total. The molecule has 0 bridgehead atoms. The Hall–Kier alpha value is -0.660. The number of hydroxylamine groups is 3. The minimum Gasteiger partial charge on any atom is -0.633 e. The number of rotatable bonds is 12. The molecule has 0 aromatic rings. The molecule has 0 saturated carbocycles. The highest BCUT2D eigenvalue weighted by atomic mass is 32.2. The lowest BCUT2D eigenvalue weighted by atomic mass is 9.88. The Balaban J connectivity index is 4.51. The molecule has 0 rings (SSSR count). The summed E-state index contributed by atoms with van der Waals surface area (Å²) in [7, 11) is -1.02. The Kier molecular flexibility index (Phi) is 9.66. The smallest absolute Gasteiger partial charge is 0.422 e. The van der Waals surface area contributed by atoms with Crippen molar-refractivity contribution in [1.82, 2.24) is 4.72 Å². The van der Waals surface area contributed by atoms with Crippen LogP contribution in [0.5, 0.6) is 0 Å². The first-order valence-corrected chi connectivity index (χ1v) is 10.3. The molecule has 0 aliphatic rings. The second-order valence-electron chi connectivity index (χ2n) is 7.50. The summed E-state index contributed by atoms with van der Waals surface area (Å²) in [4.78, 5) is 0. The van der Waals surface area contributed by atoms with E-state index in [0.29, 0.717) is 0 Å². The highest BCUT2D eigenvalue weighted by Gasteiger charge is 2.56. The maximum Gasteiger partial charge on any atom is 0.422 e. The van der Waals surface area contributed by atoms with E-state index in [1.54, 1.807) is 0 Å². The molecule has 2 unspecified atom stereocenters. The van der Waals surface area contributed by atoms with E-state index in [0.717, 1.165) is 0 Å². The SMILES string of the molecule is CC(F)(CC(CCCCS(=O)(=O)NCCC[N+](C)(C)[O-])C(F)(F)F)C(F)(F)F. The van der Waals surface area contributed by atoms with Gasteiger partial charge >= 0.3 is 12.4 Å². The van der Waals surface area contributed by atoms with Gasteiger partial charge in [-0.05, 0) is 19.8 Å². The van der Waals surface area contributed by atoms with Crippen LogP contribution >= 0.6 is 0 Å². The molecule has 13 heteroatoms. The van der Waals surface area contributed by atoms with Crippen molar-refractivity contribution in [3.63, 3.8) is 0 Å². The van der Waals surface area contributed by atoms with E-state index in [9.17, 15) is 44.4 Å². The van der Waals surface area contributed by atoms with Crippen molar-refractivity contribution in [1.29, 1.82) is 0 Å². The highest BCUT2D eigenvalue weighted by molar-refractivity contribution is 7.89. The van der Waals surface area contributed by atoms with Crippen molar-refractivity contribution in [2.24, 2.45) is 5.92 Å². The number of hydrogen-bond donors (Lipinski definition) is 1. The molecular weight excluding hydrogens is 421 g/mol. The van der Waals surface area contributed by atoms with Crippen LogP contribution in [-0.4, -0.2) is 64.0 Å². The van der Waals surface area contributed by atoms with Crippen LogP contribution in [0.3, 0.4) is 0 Å². The molecule has 0 heterocycles. The molecule has 0 saturated heterocycles. The number of sulfonamides is 1. The first kappa shape index (κ1) is 27.3. The van der Waals surface area contributed by atoms with Gasteiger partial charge in [0.1, 0.15) is 0 Å². The van der Waals surface area contributed by atoms with E-state index in [2.05, 4.69) is 4.72 Å². The van der Waals surface area contributed by atoms with Crippen LogP contribution in [0.4, 0.5) is 30.7 Å². The van der Waals surface area contributed by atoms with Crippen LogP contribution in [0.2, 0.25) is 0 Å². The number of alkyl halides is 7. The second-order valence-corrected chi connectivity index (χ2v) is 9.42. The Morgan fingerprint density at radius 1 is 1.00 bits per heavy atom. The number of unbranched alkanes of at least 4 members (excludes halogenated alkanes) is 1. The van der Waals surface area contributed by atoms with Crippen LogP contribution in [0.1, 0.15) is 39.0 Å². The third-order valence-corrected chi connectivity index (χ3v) is 5.56. The van der Waals surface area contributed by atoms with Gasteiger partial charge in [-0.25, -0.2) is 17.5 Å². The number of nitrogens with zero attached hydrogens (tertiary/aromatic N) is 1. The molecule has 0 spiro atoms. The zero-order chi connectivity index (χ0) is 22.4. The standard InChI is InChI=1S/C15H27F7N2O3S/c1-13(16,15(20,21)22)11-12(14(17,18)19)7-4-5-10-28(26,27)23-8-6-9-24(2,3)25/h12,23H,4-11H2,1-3H3. The predicted molar refractivity (Wildman–Crippen MR) is 90.3 cm³/mol. The van der Waals surface area contributed by atoms with Crippen LogP contribution in [0.25, 0.3) is 0 Å². The Labute approximate surface area is 160 Å². The molecule has 28 heavy (non-hydrogen) atoms. The molecule has 0 aromatic heterocycles. The van der Waals surface area contributed by atoms with Crippen LogP contribution < -0.4 is 4.72 Å². The summed E-state index contributed by atoms with van der Waals surface area (Å²) in [6, 6.07) is 0. The van der Waals surface area contributed by atoms with Crippen LogP contribution in [0.15, 0.2) is 0 Å². The second kappa shape index (κ2) is 9.90. The highest BCUT2D eigenvalue weighted by Crippen LogP contribution is 2.44. The fourth-order valence-corrected chi connectivity index (χ4v) is 3.59.